The Kier molecular flexibility index (Phi) is 4.99. The van der Waals surface area contributed by atoms with Crippen LogP contribution in [0.1, 0.15) is 29.9 Å². The molecule has 0 aliphatic rings. The smallest absolute Gasteiger partial charge is 0.360 e. The maximum absolute atomic E-state index is 11.9. The molecule has 112 valence electrons. The largest absolute Gasteiger partial charge is 0.464 e. The summed E-state index contributed by atoms with van der Waals surface area (Å²) < 4.78 is 11.6. The van der Waals surface area contributed by atoms with Crippen LogP contribution in [-0.4, -0.2) is 46.8 Å². The molecule has 0 radical (unpaired) electrons. The van der Waals surface area contributed by atoms with E-state index in [1.54, 1.807) is 24.2 Å². The number of ether oxygens (including phenoxy) is 2. The Labute approximate surface area is 122 Å². The molecule has 0 aromatic carbocycles. The molecule has 2 rings (SSSR count). The van der Waals surface area contributed by atoms with Gasteiger partial charge in [-0.2, -0.15) is 0 Å². The van der Waals surface area contributed by atoms with Crippen LogP contribution in [0.25, 0.3) is 11.3 Å². The Balaban J connectivity index is 2.46. The Hall–Kier alpha value is -2.28. The highest BCUT2D eigenvalue weighted by molar-refractivity contribution is 5.93. The summed E-state index contributed by atoms with van der Waals surface area (Å²) >= 11 is 0. The number of esters is 1. The van der Waals surface area contributed by atoms with Crippen LogP contribution in [0.5, 0.6) is 0 Å². The quantitative estimate of drug-likeness (QED) is 0.754. The second kappa shape index (κ2) is 6.94. The molecule has 2 aromatic rings. The number of nitrogens with zero attached hydrogens (tertiary/aromatic N) is 4. The van der Waals surface area contributed by atoms with Crippen molar-refractivity contribution in [3.8, 4) is 11.3 Å². The molecule has 1 atom stereocenters. The SMILES string of the molecule is COCCC(C)n1nnc(C(=O)OC)c1-c1ccncc1. The number of hydrogen-bond acceptors (Lipinski definition) is 6. The molecule has 7 nitrogen and oxygen atoms in total. The Bertz CT molecular complexity index is 598. The highest BCUT2D eigenvalue weighted by Crippen LogP contribution is 2.26. The van der Waals surface area contributed by atoms with Crippen LogP contribution >= 0.6 is 0 Å². The summed E-state index contributed by atoms with van der Waals surface area (Å²) in [5.74, 6) is -0.507. The van der Waals surface area contributed by atoms with Crippen LogP contribution in [0, 0.1) is 0 Å². The molecular formula is C14H18N4O3. The van der Waals surface area contributed by atoms with E-state index >= 15 is 0 Å². The monoisotopic (exact) mass is 290 g/mol. The molecule has 21 heavy (non-hydrogen) atoms. The van der Waals surface area contributed by atoms with Crippen molar-refractivity contribution >= 4 is 5.97 Å². The average Bonchev–Trinajstić information content (AvgIpc) is 2.97. The van der Waals surface area contributed by atoms with E-state index in [1.807, 2.05) is 19.1 Å². The van der Waals surface area contributed by atoms with Crippen LogP contribution < -0.4 is 0 Å². The van der Waals surface area contributed by atoms with Gasteiger partial charge in [-0.3, -0.25) is 4.98 Å². The molecule has 0 amide bonds. The van der Waals surface area contributed by atoms with Gasteiger partial charge in [0.1, 0.15) is 5.69 Å². The predicted molar refractivity (Wildman–Crippen MR) is 75.8 cm³/mol. The van der Waals surface area contributed by atoms with E-state index in [0.29, 0.717) is 12.3 Å². The lowest BCUT2D eigenvalue weighted by atomic mass is 10.1. The van der Waals surface area contributed by atoms with Gasteiger partial charge in [0.25, 0.3) is 0 Å². The minimum absolute atomic E-state index is 0.0408. The first-order valence-corrected chi connectivity index (χ1v) is 6.61. The molecule has 0 bridgehead atoms. The van der Waals surface area contributed by atoms with Crippen LogP contribution in [0.2, 0.25) is 0 Å². The van der Waals surface area contributed by atoms with Crippen molar-refractivity contribution in [2.24, 2.45) is 0 Å². The minimum Gasteiger partial charge on any atom is -0.464 e. The van der Waals surface area contributed by atoms with E-state index in [4.69, 9.17) is 9.47 Å². The maximum Gasteiger partial charge on any atom is 0.360 e. The van der Waals surface area contributed by atoms with E-state index in [-0.39, 0.29) is 11.7 Å². The lowest BCUT2D eigenvalue weighted by Gasteiger charge is -2.14. The molecule has 0 spiro atoms. The van der Waals surface area contributed by atoms with E-state index in [1.165, 1.54) is 7.11 Å². The molecule has 0 saturated heterocycles. The van der Waals surface area contributed by atoms with E-state index < -0.39 is 5.97 Å². The molecule has 1 unspecified atom stereocenters. The third-order valence-corrected chi connectivity index (χ3v) is 3.18. The van der Waals surface area contributed by atoms with Gasteiger partial charge in [0.05, 0.1) is 13.2 Å². The summed E-state index contributed by atoms with van der Waals surface area (Å²) in [7, 11) is 2.98. The number of aromatic nitrogens is 4. The van der Waals surface area contributed by atoms with Crippen molar-refractivity contribution in [3.63, 3.8) is 0 Å². The van der Waals surface area contributed by atoms with Crippen molar-refractivity contribution < 1.29 is 14.3 Å². The fourth-order valence-corrected chi connectivity index (χ4v) is 2.03. The number of methoxy groups -OCH3 is 2. The molecule has 0 saturated carbocycles. The highest BCUT2D eigenvalue weighted by Gasteiger charge is 2.24. The first kappa shape index (κ1) is 15.1. The number of pyridine rings is 1. The molecule has 0 N–H and O–H groups in total. The van der Waals surface area contributed by atoms with Crippen LogP contribution in [0.3, 0.4) is 0 Å². The fraction of sp³-hybridized carbons (Fsp3) is 0.429. The van der Waals surface area contributed by atoms with E-state index in [0.717, 1.165) is 12.0 Å². The number of hydrogen-bond donors (Lipinski definition) is 0. The molecule has 0 fully saturated rings. The first-order valence-electron chi connectivity index (χ1n) is 6.61. The molecule has 2 aromatic heterocycles. The van der Waals surface area contributed by atoms with E-state index in [2.05, 4.69) is 15.3 Å². The summed E-state index contributed by atoms with van der Waals surface area (Å²) in [6, 6.07) is 3.66. The van der Waals surface area contributed by atoms with Gasteiger partial charge in [-0.1, -0.05) is 5.21 Å². The Morgan fingerprint density at radius 3 is 2.67 bits per heavy atom. The van der Waals surface area contributed by atoms with E-state index in [9.17, 15) is 4.79 Å². The third kappa shape index (κ3) is 3.25. The zero-order valence-corrected chi connectivity index (χ0v) is 12.3. The van der Waals surface area contributed by atoms with Crippen LogP contribution in [0.4, 0.5) is 0 Å². The van der Waals surface area contributed by atoms with Gasteiger partial charge in [-0.15, -0.1) is 5.10 Å². The van der Waals surface area contributed by atoms with Gasteiger partial charge in [0, 0.05) is 31.7 Å². The zero-order valence-electron chi connectivity index (χ0n) is 12.3. The Morgan fingerprint density at radius 2 is 2.05 bits per heavy atom. The van der Waals surface area contributed by atoms with Crippen molar-refractivity contribution in [2.45, 2.75) is 19.4 Å². The highest BCUT2D eigenvalue weighted by atomic mass is 16.5. The van der Waals surface area contributed by atoms with Crippen molar-refractivity contribution in [2.75, 3.05) is 20.8 Å². The molecule has 0 aliphatic carbocycles. The van der Waals surface area contributed by atoms with Crippen molar-refractivity contribution in [1.82, 2.24) is 20.0 Å². The van der Waals surface area contributed by atoms with Gasteiger partial charge in [0.2, 0.25) is 0 Å². The number of carbonyl (C=O) groups excluding carboxylic acids is 1. The normalized spacial score (nSPS) is 12.1. The van der Waals surface area contributed by atoms with Gasteiger partial charge in [-0.25, -0.2) is 9.48 Å². The summed E-state index contributed by atoms with van der Waals surface area (Å²) in [6.07, 6.45) is 4.08. The summed E-state index contributed by atoms with van der Waals surface area (Å²) in [5, 5.41) is 8.07. The number of rotatable bonds is 6. The van der Waals surface area contributed by atoms with Gasteiger partial charge in [-0.05, 0) is 25.5 Å². The second-order valence-corrected chi connectivity index (χ2v) is 4.59. The summed E-state index contributed by atoms with van der Waals surface area (Å²) in [5.41, 5.74) is 1.65. The van der Waals surface area contributed by atoms with Crippen molar-refractivity contribution in [3.05, 3.63) is 30.2 Å². The average molecular weight is 290 g/mol. The standard InChI is InChI=1S/C14H18N4O3/c1-10(6-9-20-2)18-13(11-4-7-15-8-5-11)12(16-17-18)14(19)21-3/h4-5,7-8,10H,6,9H2,1-3H3. The maximum atomic E-state index is 11.9. The first-order chi connectivity index (χ1) is 10.2. The molecular weight excluding hydrogens is 272 g/mol. The molecule has 2 heterocycles. The fourth-order valence-electron chi connectivity index (χ4n) is 2.03. The molecule has 0 aliphatic heterocycles. The second-order valence-electron chi connectivity index (χ2n) is 4.59. The van der Waals surface area contributed by atoms with Crippen LogP contribution in [-0.2, 0) is 9.47 Å². The van der Waals surface area contributed by atoms with Crippen LogP contribution in [0.15, 0.2) is 24.5 Å². The van der Waals surface area contributed by atoms with Crippen molar-refractivity contribution in [1.29, 1.82) is 0 Å². The zero-order chi connectivity index (χ0) is 15.2. The number of carbonyl (C=O) groups is 1. The molecule has 7 heteroatoms. The lowest BCUT2D eigenvalue weighted by Crippen LogP contribution is -2.12. The minimum atomic E-state index is -0.507. The Morgan fingerprint density at radius 1 is 1.33 bits per heavy atom. The summed E-state index contributed by atoms with van der Waals surface area (Å²) in [6.45, 7) is 2.60. The third-order valence-electron chi connectivity index (χ3n) is 3.18. The van der Waals surface area contributed by atoms with Gasteiger partial charge >= 0.3 is 5.97 Å². The van der Waals surface area contributed by atoms with Gasteiger partial charge < -0.3 is 9.47 Å². The summed E-state index contributed by atoms with van der Waals surface area (Å²) in [4.78, 5) is 15.9. The topological polar surface area (TPSA) is 79.1 Å². The van der Waals surface area contributed by atoms with Gasteiger partial charge in [0.15, 0.2) is 5.69 Å². The lowest BCUT2D eigenvalue weighted by molar-refractivity contribution is 0.0595. The predicted octanol–water partition coefficient (Wildman–Crippen LogP) is 1.72.